The summed E-state index contributed by atoms with van der Waals surface area (Å²) in [5.41, 5.74) is 3.49. The predicted octanol–water partition coefficient (Wildman–Crippen LogP) is 4.08. The molecule has 2 amide bonds. The van der Waals surface area contributed by atoms with Crippen LogP contribution >= 0.6 is 0 Å². The molecule has 2 N–H and O–H groups in total. The van der Waals surface area contributed by atoms with Gasteiger partial charge < -0.3 is 15.1 Å². The number of hydrogen-bond acceptors (Lipinski definition) is 4. The molecule has 28 heavy (non-hydrogen) atoms. The molecular formula is C22H26N4O2. The van der Waals surface area contributed by atoms with E-state index in [0.717, 1.165) is 12.0 Å². The molecule has 0 saturated carbocycles. The Morgan fingerprint density at radius 1 is 0.964 bits per heavy atom. The van der Waals surface area contributed by atoms with Crippen LogP contribution in [0.4, 0.5) is 4.79 Å². The number of nitrogens with one attached hydrogen (secondary N) is 2. The topological polar surface area (TPSA) is 80.0 Å². The fraction of sp³-hybridized carbons (Fsp3) is 0.318. The lowest BCUT2D eigenvalue weighted by Gasteiger charge is -2.19. The van der Waals surface area contributed by atoms with Crippen molar-refractivity contribution in [3.8, 4) is 11.5 Å². The van der Waals surface area contributed by atoms with E-state index in [1.807, 2.05) is 30.3 Å². The van der Waals surface area contributed by atoms with E-state index < -0.39 is 0 Å². The molecule has 6 heteroatoms. The number of aromatic nitrogens is 2. The quantitative estimate of drug-likeness (QED) is 0.677. The van der Waals surface area contributed by atoms with Gasteiger partial charge in [-0.2, -0.15) is 0 Å². The van der Waals surface area contributed by atoms with Crippen molar-refractivity contribution in [3.05, 3.63) is 71.6 Å². The molecule has 0 bridgehead atoms. The van der Waals surface area contributed by atoms with Crippen LogP contribution in [0.5, 0.6) is 0 Å². The van der Waals surface area contributed by atoms with Crippen molar-refractivity contribution in [2.45, 2.75) is 39.2 Å². The maximum atomic E-state index is 12.0. The Hall–Kier alpha value is -3.15. The molecule has 2 aromatic carbocycles. The van der Waals surface area contributed by atoms with Gasteiger partial charge in [0.15, 0.2) is 0 Å². The van der Waals surface area contributed by atoms with Gasteiger partial charge in [0.2, 0.25) is 11.8 Å². The number of hydrogen-bond donors (Lipinski definition) is 2. The highest BCUT2D eigenvalue weighted by molar-refractivity contribution is 5.73. The Labute approximate surface area is 165 Å². The van der Waals surface area contributed by atoms with Crippen LogP contribution in [0, 0.1) is 0 Å². The third-order valence-corrected chi connectivity index (χ3v) is 4.41. The van der Waals surface area contributed by atoms with Gasteiger partial charge in [-0.15, -0.1) is 10.2 Å². The van der Waals surface area contributed by atoms with E-state index in [1.165, 1.54) is 11.1 Å². The van der Waals surface area contributed by atoms with Crippen molar-refractivity contribution in [3.63, 3.8) is 0 Å². The number of urea groups is 1. The number of rotatable bonds is 6. The van der Waals surface area contributed by atoms with Gasteiger partial charge in [0.25, 0.3) is 0 Å². The van der Waals surface area contributed by atoms with Crippen LogP contribution in [0.1, 0.15) is 37.8 Å². The van der Waals surface area contributed by atoms with E-state index in [-0.39, 0.29) is 18.0 Å². The van der Waals surface area contributed by atoms with Gasteiger partial charge in [-0.3, -0.25) is 0 Å². The van der Waals surface area contributed by atoms with Gasteiger partial charge in [0, 0.05) is 12.1 Å². The van der Waals surface area contributed by atoms with Crippen molar-refractivity contribution in [2.24, 2.45) is 0 Å². The predicted molar refractivity (Wildman–Crippen MR) is 109 cm³/mol. The molecule has 3 rings (SSSR count). The van der Waals surface area contributed by atoms with E-state index in [9.17, 15) is 4.79 Å². The van der Waals surface area contributed by atoms with Crippen molar-refractivity contribution in [1.82, 2.24) is 20.8 Å². The molecule has 0 unspecified atom stereocenters. The maximum Gasteiger partial charge on any atom is 0.315 e. The van der Waals surface area contributed by atoms with Crippen LogP contribution in [0.15, 0.2) is 59.0 Å². The number of carbonyl (C=O) groups is 1. The fourth-order valence-corrected chi connectivity index (χ4v) is 2.73. The highest BCUT2D eigenvalue weighted by Gasteiger charge is 2.13. The summed E-state index contributed by atoms with van der Waals surface area (Å²) in [7, 11) is 0. The number of benzene rings is 2. The van der Waals surface area contributed by atoms with Crippen molar-refractivity contribution in [2.75, 3.05) is 6.54 Å². The lowest BCUT2D eigenvalue weighted by atomic mass is 9.86. The maximum absolute atomic E-state index is 12.0. The standard InChI is InChI=1S/C22H26N4O2/c1-22(2,3)18-11-9-16(10-12-18)13-14-23-21(27)24-15-19-25-26-20(28-19)17-7-5-4-6-8-17/h4-12H,13-15H2,1-3H3,(H2,23,24,27). The second-order valence-electron chi connectivity index (χ2n) is 7.67. The average Bonchev–Trinajstić information content (AvgIpc) is 3.16. The molecule has 3 aromatic rings. The van der Waals surface area contributed by atoms with Gasteiger partial charge in [0.1, 0.15) is 0 Å². The first-order valence-electron chi connectivity index (χ1n) is 9.41. The monoisotopic (exact) mass is 378 g/mol. The molecule has 0 atom stereocenters. The van der Waals surface area contributed by atoms with Crippen molar-refractivity contribution >= 4 is 6.03 Å². The molecular weight excluding hydrogens is 352 g/mol. The summed E-state index contributed by atoms with van der Waals surface area (Å²) in [6.07, 6.45) is 0.774. The minimum absolute atomic E-state index is 0.145. The Balaban J connectivity index is 1.41. The van der Waals surface area contributed by atoms with E-state index in [2.05, 4.69) is 65.9 Å². The molecule has 0 aliphatic heterocycles. The molecule has 0 radical (unpaired) electrons. The summed E-state index contributed by atoms with van der Waals surface area (Å²) in [6.45, 7) is 7.33. The first-order chi connectivity index (χ1) is 13.4. The van der Waals surface area contributed by atoms with Crippen molar-refractivity contribution < 1.29 is 9.21 Å². The Bertz CT molecular complexity index is 896. The van der Waals surface area contributed by atoms with Crippen LogP contribution in [0.25, 0.3) is 11.5 Å². The molecule has 0 spiro atoms. The summed E-state index contributed by atoms with van der Waals surface area (Å²) >= 11 is 0. The van der Waals surface area contributed by atoms with Crippen LogP contribution < -0.4 is 10.6 Å². The van der Waals surface area contributed by atoms with Gasteiger partial charge in [-0.25, -0.2) is 4.79 Å². The minimum Gasteiger partial charge on any atom is -0.419 e. The van der Waals surface area contributed by atoms with Gasteiger partial charge in [0.05, 0.1) is 6.54 Å². The molecule has 0 saturated heterocycles. The lowest BCUT2D eigenvalue weighted by molar-refractivity contribution is 0.239. The van der Waals surface area contributed by atoms with Gasteiger partial charge >= 0.3 is 6.03 Å². The second kappa shape index (κ2) is 8.69. The lowest BCUT2D eigenvalue weighted by Crippen LogP contribution is -2.36. The molecule has 6 nitrogen and oxygen atoms in total. The molecule has 0 aliphatic carbocycles. The summed E-state index contributed by atoms with van der Waals surface area (Å²) < 4.78 is 5.57. The molecule has 0 fully saturated rings. The van der Waals surface area contributed by atoms with Gasteiger partial charge in [-0.05, 0) is 35.1 Å². The highest BCUT2D eigenvalue weighted by atomic mass is 16.4. The number of carbonyl (C=O) groups excluding carboxylic acids is 1. The minimum atomic E-state index is -0.259. The van der Waals surface area contributed by atoms with E-state index >= 15 is 0 Å². The molecule has 1 heterocycles. The molecule has 1 aromatic heterocycles. The van der Waals surface area contributed by atoms with E-state index in [4.69, 9.17) is 4.42 Å². The zero-order valence-corrected chi connectivity index (χ0v) is 16.5. The molecule has 146 valence electrons. The zero-order chi connectivity index (χ0) is 20.0. The smallest absolute Gasteiger partial charge is 0.315 e. The highest BCUT2D eigenvalue weighted by Crippen LogP contribution is 2.22. The third-order valence-electron chi connectivity index (χ3n) is 4.41. The Morgan fingerprint density at radius 3 is 2.36 bits per heavy atom. The van der Waals surface area contributed by atoms with Crippen molar-refractivity contribution in [1.29, 1.82) is 0 Å². The average molecular weight is 378 g/mol. The van der Waals surface area contributed by atoms with Crippen LogP contribution in [-0.4, -0.2) is 22.8 Å². The number of nitrogens with zero attached hydrogens (tertiary/aromatic N) is 2. The SMILES string of the molecule is CC(C)(C)c1ccc(CCNC(=O)NCc2nnc(-c3ccccc3)o2)cc1. The zero-order valence-electron chi connectivity index (χ0n) is 16.5. The summed E-state index contributed by atoms with van der Waals surface area (Å²) in [4.78, 5) is 12.0. The van der Waals surface area contributed by atoms with Crippen LogP contribution in [0.2, 0.25) is 0 Å². The largest absolute Gasteiger partial charge is 0.419 e. The van der Waals surface area contributed by atoms with Crippen LogP contribution in [-0.2, 0) is 18.4 Å². The first-order valence-corrected chi connectivity index (χ1v) is 9.41. The summed E-state index contributed by atoms with van der Waals surface area (Å²) in [6, 6.07) is 17.8. The van der Waals surface area contributed by atoms with Gasteiger partial charge in [-0.1, -0.05) is 63.2 Å². The summed E-state index contributed by atoms with van der Waals surface area (Å²) in [5.74, 6) is 0.809. The Kier molecular flexibility index (Phi) is 6.09. The second-order valence-corrected chi connectivity index (χ2v) is 7.67. The first kappa shape index (κ1) is 19.6. The summed E-state index contributed by atoms with van der Waals surface area (Å²) in [5, 5.41) is 13.5. The van der Waals surface area contributed by atoms with Crippen LogP contribution in [0.3, 0.4) is 0 Å². The van der Waals surface area contributed by atoms with E-state index in [1.54, 1.807) is 0 Å². The molecule has 0 aliphatic rings. The van der Waals surface area contributed by atoms with E-state index in [0.29, 0.717) is 18.3 Å². The Morgan fingerprint density at radius 2 is 1.68 bits per heavy atom. The normalized spacial score (nSPS) is 11.2. The fourth-order valence-electron chi connectivity index (χ4n) is 2.73. The number of amides is 2. The third kappa shape index (κ3) is 5.42.